The fourth-order valence-electron chi connectivity index (χ4n) is 0.742. The van der Waals surface area contributed by atoms with Gasteiger partial charge in [-0.3, -0.25) is 0 Å². The molecule has 0 aliphatic heterocycles. The summed E-state index contributed by atoms with van der Waals surface area (Å²) in [5.74, 6) is 0. The molecule has 0 rings (SSSR count). The minimum absolute atomic E-state index is 0.719. The van der Waals surface area contributed by atoms with Gasteiger partial charge in [-0.15, -0.1) is 0 Å². The molecule has 82 valence electrons. The molecule has 0 aliphatic carbocycles. The first kappa shape index (κ1) is 15.3. The SMILES string of the molecule is CC.CNCCNCCNCCN. The van der Waals surface area contributed by atoms with Crippen LogP contribution in [0.15, 0.2) is 0 Å². The highest BCUT2D eigenvalue weighted by Gasteiger charge is 1.85. The molecule has 0 aromatic heterocycles. The summed E-state index contributed by atoms with van der Waals surface area (Å²) in [6.45, 7) is 9.70. The molecule has 0 saturated heterocycles. The quantitative estimate of drug-likeness (QED) is 0.385. The van der Waals surface area contributed by atoms with Crippen LogP contribution in [0.1, 0.15) is 13.8 Å². The van der Waals surface area contributed by atoms with Gasteiger partial charge >= 0.3 is 0 Å². The second-order valence-corrected chi connectivity index (χ2v) is 2.39. The van der Waals surface area contributed by atoms with Crippen LogP contribution in [0.2, 0.25) is 0 Å². The van der Waals surface area contributed by atoms with Crippen molar-refractivity contribution in [3.05, 3.63) is 0 Å². The average Bonchev–Trinajstić information content (AvgIpc) is 2.20. The molecule has 0 saturated carbocycles. The lowest BCUT2D eigenvalue weighted by Crippen LogP contribution is -2.33. The van der Waals surface area contributed by atoms with Crippen molar-refractivity contribution in [2.75, 3.05) is 46.3 Å². The van der Waals surface area contributed by atoms with Crippen molar-refractivity contribution in [3.8, 4) is 0 Å². The first-order chi connectivity index (χ1) is 6.41. The molecule has 0 aromatic rings. The van der Waals surface area contributed by atoms with Gasteiger partial charge < -0.3 is 21.7 Å². The number of hydrogen-bond acceptors (Lipinski definition) is 4. The van der Waals surface area contributed by atoms with E-state index in [1.54, 1.807) is 0 Å². The van der Waals surface area contributed by atoms with Gasteiger partial charge in [0.25, 0.3) is 0 Å². The van der Waals surface area contributed by atoms with Crippen molar-refractivity contribution in [2.45, 2.75) is 13.8 Å². The highest BCUT2D eigenvalue weighted by atomic mass is 15.0. The van der Waals surface area contributed by atoms with Crippen molar-refractivity contribution in [1.82, 2.24) is 16.0 Å². The van der Waals surface area contributed by atoms with Crippen LogP contribution in [-0.4, -0.2) is 46.3 Å². The highest BCUT2D eigenvalue weighted by molar-refractivity contribution is 4.52. The predicted octanol–water partition coefficient (Wildman–Crippen LogP) is -0.630. The lowest BCUT2D eigenvalue weighted by atomic mass is 10.5. The Morgan fingerprint density at radius 2 is 1.31 bits per heavy atom. The van der Waals surface area contributed by atoms with E-state index in [0.717, 1.165) is 39.3 Å². The van der Waals surface area contributed by atoms with Gasteiger partial charge in [-0.2, -0.15) is 0 Å². The summed E-state index contributed by atoms with van der Waals surface area (Å²) in [7, 11) is 1.95. The zero-order valence-electron chi connectivity index (χ0n) is 9.32. The van der Waals surface area contributed by atoms with Gasteiger partial charge in [0.15, 0.2) is 0 Å². The number of likely N-dealkylation sites (N-methyl/N-ethyl adjacent to an activating group) is 1. The van der Waals surface area contributed by atoms with Gasteiger partial charge in [-0.25, -0.2) is 0 Å². The molecule has 5 N–H and O–H groups in total. The van der Waals surface area contributed by atoms with Crippen LogP contribution in [0.25, 0.3) is 0 Å². The summed E-state index contributed by atoms with van der Waals surface area (Å²) < 4.78 is 0. The van der Waals surface area contributed by atoms with Crippen LogP contribution in [-0.2, 0) is 0 Å². The van der Waals surface area contributed by atoms with Crippen molar-refractivity contribution in [2.24, 2.45) is 5.73 Å². The van der Waals surface area contributed by atoms with Crippen LogP contribution in [0.4, 0.5) is 0 Å². The summed E-state index contributed by atoms with van der Waals surface area (Å²) in [5, 5.41) is 9.55. The minimum atomic E-state index is 0.719. The second-order valence-electron chi connectivity index (χ2n) is 2.39. The number of hydrogen-bond donors (Lipinski definition) is 4. The van der Waals surface area contributed by atoms with Gasteiger partial charge in [0.05, 0.1) is 0 Å². The number of rotatable bonds is 8. The highest BCUT2D eigenvalue weighted by Crippen LogP contribution is 1.58. The second kappa shape index (κ2) is 17.8. The summed E-state index contributed by atoms with van der Waals surface area (Å²) in [6.07, 6.45) is 0. The van der Waals surface area contributed by atoms with Gasteiger partial charge in [0, 0.05) is 39.3 Å². The molecule has 0 unspecified atom stereocenters. The Morgan fingerprint density at radius 1 is 0.846 bits per heavy atom. The van der Waals surface area contributed by atoms with Crippen molar-refractivity contribution in [1.29, 1.82) is 0 Å². The summed E-state index contributed by atoms with van der Waals surface area (Å²) >= 11 is 0. The van der Waals surface area contributed by atoms with E-state index in [9.17, 15) is 0 Å². The van der Waals surface area contributed by atoms with Crippen LogP contribution >= 0.6 is 0 Å². The van der Waals surface area contributed by atoms with E-state index in [-0.39, 0.29) is 0 Å². The Labute approximate surface area is 82.7 Å². The average molecular weight is 190 g/mol. The smallest absolute Gasteiger partial charge is 0.00772 e. The molecule has 0 heterocycles. The van der Waals surface area contributed by atoms with E-state index in [2.05, 4.69) is 16.0 Å². The maximum absolute atomic E-state index is 5.30. The Hall–Kier alpha value is -0.160. The monoisotopic (exact) mass is 190 g/mol. The van der Waals surface area contributed by atoms with E-state index >= 15 is 0 Å². The summed E-state index contributed by atoms with van der Waals surface area (Å²) in [5.41, 5.74) is 5.30. The molecule has 0 spiro atoms. The third-order valence-corrected chi connectivity index (χ3v) is 1.35. The normalized spacial score (nSPS) is 9.23. The molecule has 0 aliphatic rings. The van der Waals surface area contributed by atoms with Gasteiger partial charge in [0.1, 0.15) is 0 Å². The van der Waals surface area contributed by atoms with Gasteiger partial charge in [-0.05, 0) is 7.05 Å². The van der Waals surface area contributed by atoms with E-state index < -0.39 is 0 Å². The van der Waals surface area contributed by atoms with Gasteiger partial charge in [0.2, 0.25) is 0 Å². The van der Waals surface area contributed by atoms with E-state index in [1.165, 1.54) is 0 Å². The number of nitrogens with two attached hydrogens (primary N) is 1. The molecular formula is C9H26N4. The molecule has 0 fully saturated rings. The molecule has 0 aromatic carbocycles. The Bertz CT molecular complexity index is 60.6. The molecule has 0 amide bonds. The van der Waals surface area contributed by atoms with Crippen molar-refractivity contribution < 1.29 is 0 Å². The van der Waals surface area contributed by atoms with E-state index in [0.29, 0.717) is 0 Å². The predicted molar refractivity (Wildman–Crippen MR) is 60.1 cm³/mol. The van der Waals surface area contributed by atoms with Crippen LogP contribution in [0, 0.1) is 0 Å². The van der Waals surface area contributed by atoms with E-state index in [1.807, 2.05) is 20.9 Å². The fourth-order valence-corrected chi connectivity index (χ4v) is 0.742. The maximum atomic E-state index is 5.30. The lowest BCUT2D eigenvalue weighted by Gasteiger charge is -2.04. The molecule has 4 nitrogen and oxygen atoms in total. The Balaban J connectivity index is 0. The largest absolute Gasteiger partial charge is 0.329 e. The maximum Gasteiger partial charge on any atom is 0.00772 e. The molecule has 0 atom stereocenters. The first-order valence-corrected chi connectivity index (χ1v) is 5.18. The minimum Gasteiger partial charge on any atom is -0.329 e. The lowest BCUT2D eigenvalue weighted by molar-refractivity contribution is 0.602. The standard InChI is InChI=1S/C7H20N4.C2H6/c1-9-4-5-11-7-6-10-3-2-8;1-2/h9-11H,2-8H2,1H3;1-2H3. The van der Waals surface area contributed by atoms with Crippen molar-refractivity contribution >= 4 is 0 Å². The Kier molecular flexibility index (Phi) is 21.0. The van der Waals surface area contributed by atoms with Crippen LogP contribution < -0.4 is 21.7 Å². The van der Waals surface area contributed by atoms with Crippen LogP contribution in [0.3, 0.4) is 0 Å². The van der Waals surface area contributed by atoms with Crippen molar-refractivity contribution in [3.63, 3.8) is 0 Å². The summed E-state index contributed by atoms with van der Waals surface area (Å²) in [4.78, 5) is 0. The molecule has 0 bridgehead atoms. The molecule has 0 radical (unpaired) electrons. The Morgan fingerprint density at radius 3 is 1.77 bits per heavy atom. The fraction of sp³-hybridized carbons (Fsp3) is 1.00. The molecular weight excluding hydrogens is 164 g/mol. The van der Waals surface area contributed by atoms with Crippen LogP contribution in [0.5, 0.6) is 0 Å². The number of nitrogens with one attached hydrogen (secondary N) is 3. The van der Waals surface area contributed by atoms with Gasteiger partial charge in [-0.1, -0.05) is 13.8 Å². The zero-order valence-corrected chi connectivity index (χ0v) is 9.32. The third-order valence-electron chi connectivity index (χ3n) is 1.35. The third kappa shape index (κ3) is 18.7. The first-order valence-electron chi connectivity index (χ1n) is 5.18. The summed E-state index contributed by atoms with van der Waals surface area (Å²) in [6, 6.07) is 0. The van der Waals surface area contributed by atoms with E-state index in [4.69, 9.17) is 5.73 Å². The zero-order chi connectivity index (χ0) is 10.4. The topological polar surface area (TPSA) is 62.1 Å². The molecule has 4 heteroatoms. The molecule has 13 heavy (non-hydrogen) atoms.